The summed E-state index contributed by atoms with van der Waals surface area (Å²) in [5.41, 5.74) is 4.30. The van der Waals surface area contributed by atoms with Crippen molar-refractivity contribution in [2.24, 2.45) is 0 Å². The van der Waals surface area contributed by atoms with Crippen LogP contribution in [0.25, 0.3) is 11.4 Å². The number of halogens is 2. The number of hydrogen-bond acceptors (Lipinski definition) is 5. The van der Waals surface area contributed by atoms with Crippen LogP contribution in [0.2, 0.25) is 10.0 Å². The Morgan fingerprint density at radius 1 is 1.09 bits per heavy atom. The summed E-state index contributed by atoms with van der Waals surface area (Å²) in [7, 11) is 0. The maximum atomic E-state index is 6.45. The molecule has 0 unspecified atom stereocenters. The molecular formula is C25H28Cl2N4O. The van der Waals surface area contributed by atoms with Gasteiger partial charge in [-0.15, -0.1) is 0 Å². The number of aromatic nitrogens is 2. The molecule has 7 heteroatoms. The molecule has 32 heavy (non-hydrogen) atoms. The Morgan fingerprint density at radius 3 is 2.50 bits per heavy atom. The number of ether oxygens (including phenoxy) is 1. The first-order valence-electron chi connectivity index (χ1n) is 11.0. The molecule has 0 amide bonds. The molecule has 1 fully saturated rings. The maximum Gasteiger partial charge on any atom is 0.161 e. The Balaban J connectivity index is 1.69. The highest BCUT2D eigenvalue weighted by molar-refractivity contribution is 6.33. The number of hydrogen-bond donors (Lipinski definition) is 2. The van der Waals surface area contributed by atoms with E-state index in [4.69, 9.17) is 27.9 Å². The summed E-state index contributed by atoms with van der Waals surface area (Å²) >= 11 is 12.5. The molecule has 5 nitrogen and oxygen atoms in total. The lowest BCUT2D eigenvalue weighted by molar-refractivity contribution is 0.243. The van der Waals surface area contributed by atoms with Gasteiger partial charge in [0.2, 0.25) is 0 Å². The normalized spacial score (nSPS) is 14.6. The number of benzene rings is 2. The van der Waals surface area contributed by atoms with E-state index in [1.165, 1.54) is 11.1 Å². The standard InChI is InChI=1S/C25H28Cl2N4O/c1-15(2)32-23-13-20(17-8-10-28-11-9-17)16(3)12-22(23)30-25-21(27)14-29-24(31-25)18-4-6-19(26)7-5-18/h4-7,12-15,17,28H,8-11H2,1-3H3,(H,29,30,31). The lowest BCUT2D eigenvalue weighted by Crippen LogP contribution is -2.27. The van der Waals surface area contributed by atoms with Crippen LogP contribution < -0.4 is 15.4 Å². The van der Waals surface area contributed by atoms with Crippen LogP contribution in [0.4, 0.5) is 11.5 Å². The second-order valence-electron chi connectivity index (χ2n) is 8.42. The summed E-state index contributed by atoms with van der Waals surface area (Å²) in [5, 5.41) is 7.95. The first-order valence-corrected chi connectivity index (χ1v) is 11.7. The molecule has 0 spiro atoms. The molecule has 1 saturated heterocycles. The van der Waals surface area contributed by atoms with Gasteiger partial charge in [-0.2, -0.15) is 0 Å². The first-order chi connectivity index (χ1) is 15.4. The fourth-order valence-corrected chi connectivity index (χ4v) is 4.31. The van der Waals surface area contributed by atoms with E-state index in [9.17, 15) is 0 Å². The van der Waals surface area contributed by atoms with Crippen LogP contribution in [0.5, 0.6) is 5.75 Å². The van der Waals surface area contributed by atoms with E-state index in [0.717, 1.165) is 42.9 Å². The van der Waals surface area contributed by atoms with Gasteiger partial charge >= 0.3 is 0 Å². The summed E-state index contributed by atoms with van der Waals surface area (Å²) < 4.78 is 6.19. The summed E-state index contributed by atoms with van der Waals surface area (Å²) in [5.74, 6) is 2.46. The van der Waals surface area contributed by atoms with Crippen molar-refractivity contribution in [1.29, 1.82) is 0 Å². The number of rotatable bonds is 6. The Labute approximate surface area is 199 Å². The first kappa shape index (κ1) is 22.8. The highest BCUT2D eigenvalue weighted by Crippen LogP contribution is 2.38. The predicted octanol–water partition coefficient (Wildman–Crippen LogP) is 6.76. The summed E-state index contributed by atoms with van der Waals surface area (Å²) in [4.78, 5) is 9.05. The molecule has 0 aliphatic carbocycles. The highest BCUT2D eigenvalue weighted by Gasteiger charge is 2.20. The van der Waals surface area contributed by atoms with Gasteiger partial charge in [0.15, 0.2) is 11.6 Å². The summed E-state index contributed by atoms with van der Waals surface area (Å²) in [6.07, 6.45) is 3.93. The van der Waals surface area contributed by atoms with Gasteiger partial charge in [0.1, 0.15) is 10.8 Å². The molecule has 0 saturated carbocycles. The summed E-state index contributed by atoms with van der Waals surface area (Å²) in [6.45, 7) is 8.32. The van der Waals surface area contributed by atoms with Crippen LogP contribution in [-0.2, 0) is 0 Å². The van der Waals surface area contributed by atoms with Gasteiger partial charge < -0.3 is 15.4 Å². The van der Waals surface area contributed by atoms with Gasteiger partial charge in [0.05, 0.1) is 18.0 Å². The van der Waals surface area contributed by atoms with E-state index >= 15 is 0 Å². The van der Waals surface area contributed by atoms with E-state index < -0.39 is 0 Å². The molecule has 1 aromatic heterocycles. The monoisotopic (exact) mass is 470 g/mol. The minimum absolute atomic E-state index is 0.0460. The largest absolute Gasteiger partial charge is 0.489 e. The van der Waals surface area contributed by atoms with E-state index in [0.29, 0.717) is 27.6 Å². The fourth-order valence-electron chi connectivity index (χ4n) is 4.05. The number of piperidine rings is 1. The third kappa shape index (κ3) is 5.34. The van der Waals surface area contributed by atoms with Crippen LogP contribution in [0, 0.1) is 6.92 Å². The van der Waals surface area contributed by atoms with Crippen LogP contribution in [0.3, 0.4) is 0 Å². The molecule has 3 aromatic rings. The SMILES string of the molecule is Cc1cc(Nc2nc(-c3ccc(Cl)cc3)ncc2Cl)c(OC(C)C)cc1C1CCNCC1. The third-order valence-corrected chi connectivity index (χ3v) is 6.14. The second kappa shape index (κ2) is 10.1. The Kier molecular flexibility index (Phi) is 7.19. The minimum Gasteiger partial charge on any atom is -0.489 e. The van der Waals surface area contributed by atoms with Crippen molar-refractivity contribution in [3.63, 3.8) is 0 Å². The maximum absolute atomic E-state index is 6.45. The molecule has 1 aliphatic heterocycles. The smallest absolute Gasteiger partial charge is 0.161 e. The lowest BCUT2D eigenvalue weighted by Gasteiger charge is -2.26. The van der Waals surface area contributed by atoms with E-state index in [2.05, 4.69) is 39.7 Å². The molecule has 4 rings (SSSR count). The van der Waals surface area contributed by atoms with Gasteiger partial charge in [0.25, 0.3) is 0 Å². The molecule has 0 bridgehead atoms. The van der Waals surface area contributed by atoms with Crippen molar-refractivity contribution < 1.29 is 4.74 Å². The third-order valence-electron chi connectivity index (χ3n) is 5.61. The van der Waals surface area contributed by atoms with E-state index in [1.807, 2.05) is 38.1 Å². The Hall–Kier alpha value is -2.34. The van der Waals surface area contributed by atoms with Crippen LogP contribution in [0.1, 0.15) is 43.7 Å². The van der Waals surface area contributed by atoms with Crippen LogP contribution in [-0.4, -0.2) is 29.2 Å². The zero-order valence-electron chi connectivity index (χ0n) is 18.6. The number of anilines is 2. The van der Waals surface area contributed by atoms with E-state index in [1.54, 1.807) is 6.20 Å². The molecule has 168 valence electrons. The predicted molar refractivity (Wildman–Crippen MR) is 133 cm³/mol. The summed E-state index contributed by atoms with van der Waals surface area (Å²) in [6, 6.07) is 11.7. The van der Waals surface area contributed by atoms with Gasteiger partial charge in [-0.05, 0) is 100 Å². The molecule has 0 radical (unpaired) electrons. The molecule has 2 aromatic carbocycles. The lowest BCUT2D eigenvalue weighted by atomic mass is 9.87. The zero-order chi connectivity index (χ0) is 22.7. The van der Waals surface area contributed by atoms with Crippen molar-refractivity contribution in [1.82, 2.24) is 15.3 Å². The molecule has 0 atom stereocenters. The molecular weight excluding hydrogens is 443 g/mol. The van der Waals surface area contributed by atoms with Crippen molar-refractivity contribution in [3.8, 4) is 17.1 Å². The average molecular weight is 471 g/mol. The Morgan fingerprint density at radius 2 is 1.81 bits per heavy atom. The molecule has 2 N–H and O–H groups in total. The number of aryl methyl sites for hydroxylation is 1. The van der Waals surface area contributed by atoms with E-state index in [-0.39, 0.29) is 6.10 Å². The number of nitrogens with one attached hydrogen (secondary N) is 2. The van der Waals surface area contributed by atoms with Crippen molar-refractivity contribution in [2.45, 2.75) is 45.6 Å². The van der Waals surface area contributed by atoms with Crippen molar-refractivity contribution in [2.75, 3.05) is 18.4 Å². The van der Waals surface area contributed by atoms with Crippen LogP contribution >= 0.6 is 23.2 Å². The molecule has 1 aliphatic rings. The average Bonchev–Trinajstić information content (AvgIpc) is 2.78. The second-order valence-corrected chi connectivity index (χ2v) is 9.26. The van der Waals surface area contributed by atoms with Gasteiger partial charge in [0, 0.05) is 10.6 Å². The zero-order valence-corrected chi connectivity index (χ0v) is 20.1. The fraction of sp³-hybridized carbons (Fsp3) is 0.360. The Bertz CT molecular complexity index is 1080. The highest BCUT2D eigenvalue weighted by atomic mass is 35.5. The van der Waals surface area contributed by atoms with Gasteiger partial charge in [-0.3, -0.25) is 0 Å². The number of nitrogens with zero attached hydrogens (tertiary/aromatic N) is 2. The topological polar surface area (TPSA) is 59.1 Å². The molecule has 2 heterocycles. The minimum atomic E-state index is 0.0460. The van der Waals surface area contributed by atoms with Gasteiger partial charge in [-0.1, -0.05) is 23.2 Å². The van der Waals surface area contributed by atoms with Gasteiger partial charge in [-0.25, -0.2) is 9.97 Å². The quantitative estimate of drug-likeness (QED) is 0.416. The van der Waals surface area contributed by atoms with Crippen molar-refractivity contribution >= 4 is 34.7 Å². The van der Waals surface area contributed by atoms with Crippen molar-refractivity contribution in [3.05, 3.63) is 63.8 Å². The van der Waals surface area contributed by atoms with Crippen LogP contribution in [0.15, 0.2) is 42.6 Å².